The average molecular weight is 465 g/mol. The van der Waals surface area contributed by atoms with Gasteiger partial charge in [-0.25, -0.2) is 9.50 Å². The highest BCUT2D eigenvalue weighted by atomic mass is 16.3. The van der Waals surface area contributed by atoms with Gasteiger partial charge in [0.05, 0.1) is 48.1 Å². The lowest BCUT2D eigenvalue weighted by atomic mass is 9.98. The summed E-state index contributed by atoms with van der Waals surface area (Å²) in [7, 11) is 0. The van der Waals surface area contributed by atoms with Gasteiger partial charge in [-0.1, -0.05) is 13.8 Å². The maximum Gasteiger partial charge on any atom is 0.0999 e. The highest BCUT2D eigenvalue weighted by molar-refractivity contribution is 6.09. The summed E-state index contributed by atoms with van der Waals surface area (Å²) < 4.78 is 3.86. The van der Waals surface area contributed by atoms with E-state index in [2.05, 4.69) is 40.1 Å². The normalized spacial score (nSPS) is 16.4. The molecule has 0 radical (unpaired) electrons. The Kier molecular flexibility index (Phi) is 8.08. The molecule has 1 fully saturated rings. The molecule has 4 rings (SSSR count). The Morgan fingerprint density at radius 2 is 2.03 bits per heavy atom. The molecule has 34 heavy (non-hydrogen) atoms. The second kappa shape index (κ2) is 11.4. The fourth-order valence-electron chi connectivity index (χ4n) is 4.55. The molecule has 0 spiro atoms. The molecule has 0 aromatic carbocycles. The van der Waals surface area contributed by atoms with Crippen molar-refractivity contribution in [1.82, 2.24) is 29.3 Å². The number of allylic oxidation sites excluding steroid dienone is 1. The fourth-order valence-corrected chi connectivity index (χ4v) is 4.55. The highest BCUT2D eigenvalue weighted by Crippen LogP contribution is 2.26. The zero-order valence-corrected chi connectivity index (χ0v) is 20.2. The summed E-state index contributed by atoms with van der Waals surface area (Å²) in [5, 5.41) is 18.3. The van der Waals surface area contributed by atoms with Crippen LogP contribution in [0.25, 0.3) is 22.3 Å². The molecule has 0 saturated carbocycles. The van der Waals surface area contributed by atoms with Crippen LogP contribution in [0.5, 0.6) is 0 Å². The van der Waals surface area contributed by atoms with Gasteiger partial charge in [0.25, 0.3) is 0 Å². The van der Waals surface area contributed by atoms with Crippen molar-refractivity contribution >= 4 is 17.3 Å². The summed E-state index contributed by atoms with van der Waals surface area (Å²) >= 11 is 0. The van der Waals surface area contributed by atoms with E-state index in [9.17, 15) is 5.11 Å². The van der Waals surface area contributed by atoms with E-state index in [0.29, 0.717) is 25.1 Å². The van der Waals surface area contributed by atoms with Crippen LogP contribution in [-0.4, -0.2) is 73.4 Å². The van der Waals surface area contributed by atoms with Crippen molar-refractivity contribution in [1.29, 1.82) is 0 Å². The minimum Gasteiger partial charge on any atom is -0.404 e. The summed E-state index contributed by atoms with van der Waals surface area (Å²) in [5.74, 6) is 0.450. The molecule has 9 heteroatoms. The minimum absolute atomic E-state index is 0.296. The smallest absolute Gasteiger partial charge is 0.0999 e. The number of hydrogen-bond donors (Lipinski definition) is 2. The van der Waals surface area contributed by atoms with Crippen LogP contribution in [0.1, 0.15) is 51.3 Å². The number of nitrogens with two attached hydrogens (primary N) is 1. The van der Waals surface area contributed by atoms with Crippen molar-refractivity contribution in [2.24, 2.45) is 16.6 Å². The SMILES string of the molecule is CCC(CC)n1cc(-c2nc(C(C=NCCN3CCC(CO)CC3)=CN)cn3nccc23)cn1. The summed E-state index contributed by atoms with van der Waals surface area (Å²) in [6, 6.07) is 2.33. The predicted molar refractivity (Wildman–Crippen MR) is 136 cm³/mol. The Labute approximate surface area is 201 Å². The Hall–Kier alpha value is -3.04. The van der Waals surface area contributed by atoms with E-state index in [4.69, 9.17) is 10.7 Å². The third-order valence-corrected chi connectivity index (χ3v) is 6.80. The number of aromatic nitrogens is 5. The largest absolute Gasteiger partial charge is 0.404 e. The molecule has 3 aromatic heterocycles. The summed E-state index contributed by atoms with van der Waals surface area (Å²) in [6.07, 6.45) is 15.1. The van der Waals surface area contributed by atoms with E-state index < -0.39 is 0 Å². The molecule has 1 aliphatic heterocycles. The number of hydrogen-bond acceptors (Lipinski definition) is 7. The number of piperidine rings is 1. The van der Waals surface area contributed by atoms with Crippen LogP contribution in [0.4, 0.5) is 0 Å². The van der Waals surface area contributed by atoms with Crippen LogP contribution in [-0.2, 0) is 0 Å². The molecule has 0 amide bonds. The Bertz CT molecular complexity index is 1120. The highest BCUT2D eigenvalue weighted by Gasteiger charge is 2.18. The topological polar surface area (TPSA) is 110 Å². The van der Waals surface area contributed by atoms with Crippen LogP contribution in [0.3, 0.4) is 0 Å². The standard InChI is InChI=1S/C25H36N8O/c1-3-22(4-2)32-16-21(15-29-32)25-24-5-8-28-33(24)17-23(30-25)20(13-26)14-27-9-12-31-10-6-19(18-34)7-11-31/h5,8,13-17,19,22,34H,3-4,6-7,9-12,18,26H2,1-2H3. The first-order valence-electron chi connectivity index (χ1n) is 12.3. The first kappa shape index (κ1) is 24.1. The monoisotopic (exact) mass is 464 g/mol. The maximum atomic E-state index is 9.30. The molecule has 0 aliphatic carbocycles. The molecule has 182 valence electrons. The molecule has 9 nitrogen and oxygen atoms in total. The second-order valence-electron chi connectivity index (χ2n) is 8.94. The van der Waals surface area contributed by atoms with E-state index in [1.807, 2.05) is 27.7 Å². The molecule has 0 atom stereocenters. The van der Waals surface area contributed by atoms with Crippen LogP contribution >= 0.6 is 0 Å². The number of aliphatic hydroxyl groups is 1. The molecule has 3 aromatic rings. The third kappa shape index (κ3) is 5.37. The first-order chi connectivity index (χ1) is 16.7. The zero-order chi connectivity index (χ0) is 23.9. The summed E-state index contributed by atoms with van der Waals surface area (Å²) in [6.45, 7) is 8.29. The lowest BCUT2D eigenvalue weighted by Crippen LogP contribution is -2.36. The van der Waals surface area contributed by atoms with Gasteiger partial charge in [-0.15, -0.1) is 0 Å². The van der Waals surface area contributed by atoms with Gasteiger partial charge in [0.15, 0.2) is 0 Å². The molecule has 3 N–H and O–H groups in total. The van der Waals surface area contributed by atoms with Crippen molar-refractivity contribution < 1.29 is 5.11 Å². The van der Waals surface area contributed by atoms with Crippen molar-refractivity contribution in [3.8, 4) is 11.3 Å². The van der Waals surface area contributed by atoms with E-state index in [-0.39, 0.29) is 0 Å². The number of aliphatic hydroxyl groups excluding tert-OH is 1. The molecule has 0 unspecified atom stereocenters. The van der Waals surface area contributed by atoms with Gasteiger partial charge in [0.1, 0.15) is 0 Å². The van der Waals surface area contributed by atoms with Gasteiger partial charge in [-0.05, 0) is 50.8 Å². The fraction of sp³-hybridized carbons (Fsp3) is 0.520. The molecule has 4 heterocycles. The van der Waals surface area contributed by atoms with E-state index in [1.165, 1.54) is 0 Å². The molecular formula is C25H36N8O. The number of rotatable bonds is 10. The molecule has 1 aliphatic rings. The van der Waals surface area contributed by atoms with Gasteiger partial charge in [0, 0.05) is 42.9 Å². The predicted octanol–water partition coefficient (Wildman–Crippen LogP) is 3.03. The quantitative estimate of drug-likeness (QED) is 0.446. The van der Waals surface area contributed by atoms with Crippen molar-refractivity contribution in [2.45, 2.75) is 45.6 Å². The van der Waals surface area contributed by atoms with E-state index in [0.717, 1.165) is 73.4 Å². The Morgan fingerprint density at radius 3 is 2.74 bits per heavy atom. The van der Waals surface area contributed by atoms with Crippen LogP contribution < -0.4 is 5.73 Å². The van der Waals surface area contributed by atoms with Crippen molar-refractivity contribution in [3.05, 3.63) is 42.7 Å². The van der Waals surface area contributed by atoms with Gasteiger partial charge < -0.3 is 15.7 Å². The first-order valence-corrected chi connectivity index (χ1v) is 12.3. The molecule has 1 saturated heterocycles. The molecular weight excluding hydrogens is 428 g/mol. The summed E-state index contributed by atoms with van der Waals surface area (Å²) in [5.41, 5.74) is 10.2. The molecule has 0 bridgehead atoms. The van der Waals surface area contributed by atoms with Crippen molar-refractivity contribution in [3.63, 3.8) is 0 Å². The van der Waals surface area contributed by atoms with E-state index in [1.54, 1.807) is 18.6 Å². The van der Waals surface area contributed by atoms with Gasteiger partial charge in [0.2, 0.25) is 0 Å². The van der Waals surface area contributed by atoms with Crippen LogP contribution in [0.2, 0.25) is 0 Å². The minimum atomic E-state index is 0.296. The lowest BCUT2D eigenvalue weighted by molar-refractivity contribution is 0.134. The maximum absolute atomic E-state index is 9.30. The number of aliphatic imine (C=N–C) groups is 1. The van der Waals surface area contributed by atoms with Crippen molar-refractivity contribution in [2.75, 3.05) is 32.8 Å². The number of likely N-dealkylation sites (tertiary alicyclic amines) is 1. The van der Waals surface area contributed by atoms with Crippen LogP contribution in [0, 0.1) is 5.92 Å². The average Bonchev–Trinajstić information content (AvgIpc) is 3.55. The van der Waals surface area contributed by atoms with Crippen LogP contribution in [0.15, 0.2) is 42.0 Å². The Balaban J connectivity index is 1.50. The van der Waals surface area contributed by atoms with Gasteiger partial charge in [-0.3, -0.25) is 9.67 Å². The number of fused-ring (bicyclic) bond motifs is 1. The van der Waals surface area contributed by atoms with Gasteiger partial charge in [-0.2, -0.15) is 10.2 Å². The summed E-state index contributed by atoms with van der Waals surface area (Å²) in [4.78, 5) is 12.0. The van der Waals surface area contributed by atoms with Gasteiger partial charge >= 0.3 is 0 Å². The number of nitrogens with zero attached hydrogens (tertiary/aromatic N) is 7. The Morgan fingerprint density at radius 1 is 1.24 bits per heavy atom. The van der Waals surface area contributed by atoms with E-state index >= 15 is 0 Å². The zero-order valence-electron chi connectivity index (χ0n) is 20.2. The lowest BCUT2D eigenvalue weighted by Gasteiger charge is -2.30. The second-order valence-corrected chi connectivity index (χ2v) is 8.94. The third-order valence-electron chi connectivity index (χ3n) is 6.80.